The molecule has 1 amide bonds. The van der Waals surface area contributed by atoms with Crippen molar-refractivity contribution in [3.63, 3.8) is 0 Å². The van der Waals surface area contributed by atoms with Crippen molar-refractivity contribution in [1.82, 2.24) is 10.6 Å². The van der Waals surface area contributed by atoms with Gasteiger partial charge in [-0.05, 0) is 12.1 Å². The van der Waals surface area contributed by atoms with Crippen molar-refractivity contribution in [3.8, 4) is 11.5 Å². The second kappa shape index (κ2) is 6.12. The average Bonchev–Trinajstić information content (AvgIpc) is 2.36. The zero-order valence-corrected chi connectivity index (χ0v) is 11.3. The molecule has 0 atom stereocenters. The summed E-state index contributed by atoms with van der Waals surface area (Å²) < 4.78 is 11.0. The van der Waals surface area contributed by atoms with Crippen LogP contribution >= 0.6 is 12.4 Å². The number of para-hydroxylation sites is 1. The quantitative estimate of drug-likeness (QED) is 0.863. The minimum absolute atomic E-state index is 0. The molecule has 19 heavy (non-hydrogen) atoms. The summed E-state index contributed by atoms with van der Waals surface area (Å²) in [6, 6.07) is 5.40. The molecule has 0 saturated carbocycles. The van der Waals surface area contributed by atoms with Crippen LogP contribution in [0.25, 0.3) is 0 Å². The first kappa shape index (κ1) is 14.0. The standard InChI is InChI=1S/C13H16N2O3.ClH/c16-13(15-8-9-6-14-7-9)10-2-1-3-11-12(10)18-5-4-17-11;/h1-3,9,14H,4-8H2,(H,15,16);1H. The van der Waals surface area contributed by atoms with Crippen LogP contribution in [0.5, 0.6) is 11.5 Å². The molecule has 0 radical (unpaired) electrons. The van der Waals surface area contributed by atoms with Crippen LogP contribution in [0.3, 0.4) is 0 Å². The highest BCUT2D eigenvalue weighted by atomic mass is 35.5. The molecule has 2 N–H and O–H groups in total. The maximum Gasteiger partial charge on any atom is 0.255 e. The topological polar surface area (TPSA) is 59.6 Å². The van der Waals surface area contributed by atoms with Gasteiger partial charge < -0.3 is 20.1 Å². The Morgan fingerprint density at radius 2 is 2.11 bits per heavy atom. The monoisotopic (exact) mass is 284 g/mol. The lowest BCUT2D eigenvalue weighted by Gasteiger charge is -2.27. The number of nitrogens with one attached hydrogen (secondary N) is 2. The summed E-state index contributed by atoms with van der Waals surface area (Å²) in [5, 5.41) is 6.12. The molecule has 1 fully saturated rings. The summed E-state index contributed by atoms with van der Waals surface area (Å²) >= 11 is 0. The van der Waals surface area contributed by atoms with E-state index in [4.69, 9.17) is 9.47 Å². The average molecular weight is 285 g/mol. The number of carbonyl (C=O) groups excluding carboxylic acids is 1. The van der Waals surface area contributed by atoms with Crippen LogP contribution in [0.1, 0.15) is 10.4 Å². The van der Waals surface area contributed by atoms with Gasteiger partial charge in [0, 0.05) is 25.6 Å². The number of fused-ring (bicyclic) bond motifs is 1. The number of hydrogen-bond donors (Lipinski definition) is 2. The molecular formula is C13H17ClN2O3. The van der Waals surface area contributed by atoms with Crippen LogP contribution in [-0.4, -0.2) is 38.8 Å². The van der Waals surface area contributed by atoms with E-state index in [1.165, 1.54) is 0 Å². The van der Waals surface area contributed by atoms with E-state index < -0.39 is 0 Å². The van der Waals surface area contributed by atoms with Gasteiger partial charge in [0.15, 0.2) is 11.5 Å². The molecule has 0 spiro atoms. The normalized spacial score (nSPS) is 17.1. The zero-order chi connectivity index (χ0) is 12.4. The molecular weight excluding hydrogens is 268 g/mol. The van der Waals surface area contributed by atoms with Crippen LogP contribution in [0.15, 0.2) is 18.2 Å². The molecule has 0 unspecified atom stereocenters. The van der Waals surface area contributed by atoms with Gasteiger partial charge in [-0.3, -0.25) is 4.79 Å². The molecule has 104 valence electrons. The van der Waals surface area contributed by atoms with E-state index in [0.29, 0.717) is 42.7 Å². The number of rotatable bonds is 3. The smallest absolute Gasteiger partial charge is 0.255 e. The highest BCUT2D eigenvalue weighted by Gasteiger charge is 2.22. The van der Waals surface area contributed by atoms with E-state index >= 15 is 0 Å². The fraction of sp³-hybridized carbons (Fsp3) is 0.462. The lowest BCUT2D eigenvalue weighted by molar-refractivity contribution is 0.0931. The molecule has 2 heterocycles. The van der Waals surface area contributed by atoms with Crippen LogP contribution in [0.4, 0.5) is 0 Å². The van der Waals surface area contributed by atoms with Crippen molar-refractivity contribution in [3.05, 3.63) is 23.8 Å². The Labute approximate surface area is 118 Å². The Bertz CT molecular complexity index is 463. The Morgan fingerprint density at radius 1 is 1.32 bits per heavy atom. The molecule has 1 aromatic rings. The molecule has 0 aromatic heterocycles. The Kier molecular flexibility index (Phi) is 4.50. The summed E-state index contributed by atoms with van der Waals surface area (Å²) in [4.78, 5) is 12.1. The van der Waals surface area contributed by atoms with E-state index in [1.54, 1.807) is 6.07 Å². The fourth-order valence-corrected chi connectivity index (χ4v) is 2.08. The lowest BCUT2D eigenvalue weighted by Crippen LogP contribution is -2.48. The molecule has 3 rings (SSSR count). The predicted molar refractivity (Wildman–Crippen MR) is 73.4 cm³/mol. The van der Waals surface area contributed by atoms with Crippen molar-refractivity contribution >= 4 is 18.3 Å². The largest absolute Gasteiger partial charge is 0.486 e. The van der Waals surface area contributed by atoms with E-state index in [-0.39, 0.29) is 18.3 Å². The Balaban J connectivity index is 0.00000133. The minimum Gasteiger partial charge on any atom is -0.486 e. The summed E-state index contributed by atoms with van der Waals surface area (Å²) in [5.74, 6) is 1.67. The Hall–Kier alpha value is -1.46. The number of hydrogen-bond acceptors (Lipinski definition) is 4. The van der Waals surface area contributed by atoms with Gasteiger partial charge in [-0.15, -0.1) is 12.4 Å². The second-order valence-electron chi connectivity index (χ2n) is 4.56. The minimum atomic E-state index is -0.0933. The number of carbonyl (C=O) groups is 1. The van der Waals surface area contributed by atoms with Gasteiger partial charge in [0.2, 0.25) is 0 Å². The highest BCUT2D eigenvalue weighted by molar-refractivity contribution is 5.97. The van der Waals surface area contributed by atoms with Gasteiger partial charge in [0.1, 0.15) is 13.2 Å². The lowest BCUT2D eigenvalue weighted by atomic mass is 10.0. The van der Waals surface area contributed by atoms with Gasteiger partial charge in [-0.1, -0.05) is 6.07 Å². The number of halogens is 1. The van der Waals surface area contributed by atoms with Crippen molar-refractivity contribution in [1.29, 1.82) is 0 Å². The van der Waals surface area contributed by atoms with Crippen molar-refractivity contribution in [2.45, 2.75) is 0 Å². The first-order chi connectivity index (χ1) is 8.84. The second-order valence-corrected chi connectivity index (χ2v) is 4.56. The summed E-state index contributed by atoms with van der Waals surface area (Å²) in [5.41, 5.74) is 0.555. The first-order valence-corrected chi connectivity index (χ1v) is 6.22. The third-order valence-electron chi connectivity index (χ3n) is 3.23. The van der Waals surface area contributed by atoms with Gasteiger partial charge >= 0.3 is 0 Å². The zero-order valence-electron chi connectivity index (χ0n) is 10.5. The van der Waals surface area contributed by atoms with Gasteiger partial charge in [-0.2, -0.15) is 0 Å². The number of benzene rings is 1. The van der Waals surface area contributed by atoms with Crippen molar-refractivity contribution in [2.75, 3.05) is 32.8 Å². The predicted octanol–water partition coefficient (Wildman–Crippen LogP) is 0.829. The van der Waals surface area contributed by atoms with Gasteiger partial charge in [0.25, 0.3) is 5.91 Å². The van der Waals surface area contributed by atoms with Crippen molar-refractivity contribution in [2.24, 2.45) is 5.92 Å². The van der Waals surface area contributed by atoms with E-state index in [0.717, 1.165) is 13.1 Å². The highest BCUT2D eigenvalue weighted by Crippen LogP contribution is 2.33. The van der Waals surface area contributed by atoms with Crippen LogP contribution in [-0.2, 0) is 0 Å². The number of amides is 1. The maximum atomic E-state index is 12.1. The van der Waals surface area contributed by atoms with Crippen LogP contribution in [0.2, 0.25) is 0 Å². The molecule has 2 aliphatic heterocycles. The third kappa shape index (κ3) is 2.93. The van der Waals surface area contributed by atoms with Crippen LogP contribution in [0, 0.1) is 5.92 Å². The SMILES string of the molecule is Cl.O=C(NCC1CNC1)c1cccc2c1OCCO2. The summed E-state index contributed by atoms with van der Waals surface area (Å²) in [7, 11) is 0. The maximum absolute atomic E-state index is 12.1. The molecule has 0 aliphatic carbocycles. The van der Waals surface area contributed by atoms with Gasteiger partial charge in [-0.25, -0.2) is 0 Å². The van der Waals surface area contributed by atoms with E-state index in [9.17, 15) is 4.79 Å². The van der Waals surface area contributed by atoms with E-state index in [2.05, 4.69) is 10.6 Å². The van der Waals surface area contributed by atoms with Gasteiger partial charge in [0.05, 0.1) is 5.56 Å². The fourth-order valence-electron chi connectivity index (χ4n) is 2.08. The van der Waals surface area contributed by atoms with Crippen molar-refractivity contribution < 1.29 is 14.3 Å². The summed E-state index contributed by atoms with van der Waals surface area (Å²) in [6.07, 6.45) is 0. The van der Waals surface area contributed by atoms with E-state index in [1.807, 2.05) is 12.1 Å². The molecule has 2 aliphatic rings. The molecule has 0 bridgehead atoms. The first-order valence-electron chi connectivity index (χ1n) is 6.22. The third-order valence-corrected chi connectivity index (χ3v) is 3.23. The molecule has 1 saturated heterocycles. The summed E-state index contributed by atoms with van der Waals surface area (Å²) in [6.45, 7) is 3.69. The van der Waals surface area contributed by atoms with Crippen LogP contribution < -0.4 is 20.1 Å². The molecule has 1 aromatic carbocycles. The Morgan fingerprint density at radius 3 is 2.84 bits per heavy atom. The molecule has 5 nitrogen and oxygen atoms in total. The molecule has 6 heteroatoms. The number of ether oxygens (including phenoxy) is 2.